The van der Waals surface area contributed by atoms with Crippen LogP contribution in [-0.2, 0) is 9.59 Å². The van der Waals surface area contributed by atoms with Gasteiger partial charge in [-0.25, -0.2) is 0 Å². The zero-order valence-electron chi connectivity index (χ0n) is 10.9. The average Bonchev–Trinajstić information content (AvgIpc) is 2.63. The number of rotatable bonds is 3. The highest BCUT2D eigenvalue weighted by Gasteiger charge is 2.36. The largest absolute Gasteiger partial charge is 0.299 e. The molecule has 2 unspecified atom stereocenters. The van der Waals surface area contributed by atoms with E-state index in [4.69, 9.17) is 34.8 Å². The molecule has 1 aliphatic rings. The van der Waals surface area contributed by atoms with Gasteiger partial charge in [0.1, 0.15) is 0 Å². The topological polar surface area (TPSA) is 49.4 Å². The lowest BCUT2D eigenvalue weighted by atomic mass is 10.1. The molecule has 2 amide bonds. The van der Waals surface area contributed by atoms with Crippen LogP contribution < -0.4 is 5.32 Å². The molecule has 0 saturated carbocycles. The van der Waals surface area contributed by atoms with Crippen LogP contribution >= 0.6 is 34.8 Å². The highest BCUT2D eigenvalue weighted by atomic mass is 35.5. The lowest BCUT2D eigenvalue weighted by Crippen LogP contribution is -2.38. The molecule has 1 aromatic rings. The molecule has 7 heteroatoms. The fraction of sp³-hybridized carbons (Fsp3) is 0.385. The molecule has 1 aromatic carbocycles. The number of halogens is 3. The van der Waals surface area contributed by atoms with Gasteiger partial charge in [-0.05, 0) is 18.6 Å². The highest BCUT2D eigenvalue weighted by molar-refractivity contribution is 6.48. The second-order valence-corrected chi connectivity index (χ2v) is 5.86. The van der Waals surface area contributed by atoms with Gasteiger partial charge >= 0.3 is 0 Å². The molecule has 0 spiro atoms. The van der Waals surface area contributed by atoms with Gasteiger partial charge in [-0.3, -0.25) is 19.8 Å². The van der Waals surface area contributed by atoms with Crippen molar-refractivity contribution in [3.63, 3.8) is 0 Å². The van der Waals surface area contributed by atoms with E-state index in [-0.39, 0.29) is 29.3 Å². The lowest BCUT2D eigenvalue weighted by molar-refractivity contribution is -0.137. The zero-order valence-corrected chi connectivity index (χ0v) is 13.2. The van der Waals surface area contributed by atoms with Gasteiger partial charge < -0.3 is 0 Å². The molecule has 4 nitrogen and oxygen atoms in total. The Hall–Kier alpha value is -0.810. The number of benzene rings is 1. The number of hydrogen-bond acceptors (Lipinski definition) is 3. The van der Waals surface area contributed by atoms with Crippen molar-refractivity contribution in [2.75, 3.05) is 7.05 Å². The Morgan fingerprint density at radius 1 is 1.25 bits per heavy atom. The van der Waals surface area contributed by atoms with Crippen LogP contribution in [0.25, 0.3) is 0 Å². The van der Waals surface area contributed by atoms with Gasteiger partial charge in [0.2, 0.25) is 11.8 Å². The van der Waals surface area contributed by atoms with Crippen molar-refractivity contribution in [3.05, 3.63) is 32.8 Å². The lowest BCUT2D eigenvalue weighted by Gasteiger charge is -2.20. The van der Waals surface area contributed by atoms with Crippen LogP contribution in [0.3, 0.4) is 0 Å². The van der Waals surface area contributed by atoms with E-state index in [1.165, 1.54) is 7.05 Å². The van der Waals surface area contributed by atoms with Crippen LogP contribution in [0, 0.1) is 0 Å². The number of imide groups is 1. The van der Waals surface area contributed by atoms with E-state index in [0.29, 0.717) is 10.0 Å². The highest BCUT2D eigenvalue weighted by Crippen LogP contribution is 2.35. The van der Waals surface area contributed by atoms with E-state index < -0.39 is 6.04 Å². The molecule has 1 fully saturated rings. The van der Waals surface area contributed by atoms with Crippen molar-refractivity contribution in [1.29, 1.82) is 0 Å². The minimum absolute atomic E-state index is 0.151. The van der Waals surface area contributed by atoms with E-state index in [2.05, 4.69) is 5.32 Å². The normalized spacial score (nSPS) is 20.6. The number of carbonyl (C=O) groups is 2. The molecule has 0 radical (unpaired) electrons. The van der Waals surface area contributed by atoms with Crippen LogP contribution in [0.15, 0.2) is 12.1 Å². The molecule has 2 atom stereocenters. The number of carbonyl (C=O) groups excluding carboxylic acids is 2. The first-order valence-corrected chi connectivity index (χ1v) is 7.16. The first-order valence-electron chi connectivity index (χ1n) is 6.02. The van der Waals surface area contributed by atoms with Crippen LogP contribution in [0.5, 0.6) is 0 Å². The van der Waals surface area contributed by atoms with Crippen molar-refractivity contribution < 1.29 is 9.59 Å². The number of amides is 2. The summed E-state index contributed by atoms with van der Waals surface area (Å²) >= 11 is 18.0. The molecule has 0 aromatic heterocycles. The van der Waals surface area contributed by atoms with Crippen LogP contribution in [-0.4, -0.2) is 29.8 Å². The van der Waals surface area contributed by atoms with Crippen molar-refractivity contribution in [3.8, 4) is 0 Å². The molecule has 1 N–H and O–H groups in total. The molecule has 108 valence electrons. The van der Waals surface area contributed by atoms with Gasteiger partial charge in [0.25, 0.3) is 0 Å². The van der Waals surface area contributed by atoms with Crippen LogP contribution in [0.1, 0.15) is 24.9 Å². The van der Waals surface area contributed by atoms with E-state index in [1.54, 1.807) is 12.1 Å². The summed E-state index contributed by atoms with van der Waals surface area (Å²) in [5.41, 5.74) is 0.732. The van der Waals surface area contributed by atoms with Crippen LogP contribution in [0.2, 0.25) is 15.1 Å². The van der Waals surface area contributed by atoms with Crippen molar-refractivity contribution in [2.24, 2.45) is 0 Å². The number of likely N-dealkylation sites (N-methyl/N-ethyl adjacent to an activating group) is 1. The number of nitrogens with zero attached hydrogens (tertiary/aromatic N) is 1. The zero-order chi connectivity index (χ0) is 15.0. The third-order valence-corrected chi connectivity index (χ3v) is 4.67. The van der Waals surface area contributed by atoms with Gasteiger partial charge in [-0.15, -0.1) is 0 Å². The summed E-state index contributed by atoms with van der Waals surface area (Å²) in [7, 11) is 1.48. The Kier molecular flexibility index (Phi) is 4.59. The second kappa shape index (κ2) is 5.90. The first-order chi connectivity index (χ1) is 9.32. The smallest absolute Gasteiger partial charge is 0.246 e. The Morgan fingerprint density at radius 2 is 1.90 bits per heavy atom. The summed E-state index contributed by atoms with van der Waals surface area (Å²) in [6.07, 6.45) is 0.151. The summed E-state index contributed by atoms with van der Waals surface area (Å²) in [6.45, 7) is 1.85. The second-order valence-electron chi connectivity index (χ2n) is 4.70. The number of nitrogens with one attached hydrogen (secondary N) is 1. The maximum Gasteiger partial charge on any atom is 0.246 e. The fourth-order valence-corrected chi connectivity index (χ4v) is 2.86. The van der Waals surface area contributed by atoms with Gasteiger partial charge in [0.05, 0.1) is 27.5 Å². The summed E-state index contributed by atoms with van der Waals surface area (Å²) in [6, 6.07) is 2.63. The molecular formula is C13H13Cl3N2O2. The SMILES string of the molecule is CC(NC1CC(=O)N(C)C1=O)c1ccc(Cl)c(Cl)c1Cl. The standard InChI is InChI=1S/C13H13Cl3N2O2/c1-6(7-3-4-8(14)12(16)11(7)15)17-9-5-10(19)18(2)13(9)20/h3-4,6,9,17H,5H2,1-2H3. The molecule has 0 aliphatic carbocycles. The molecule has 1 heterocycles. The third kappa shape index (κ3) is 2.79. The van der Waals surface area contributed by atoms with Crippen LogP contribution in [0.4, 0.5) is 0 Å². The summed E-state index contributed by atoms with van der Waals surface area (Å²) in [5.74, 6) is -0.432. The first kappa shape index (κ1) is 15.6. The average molecular weight is 336 g/mol. The quantitative estimate of drug-likeness (QED) is 0.682. The summed E-state index contributed by atoms with van der Waals surface area (Å²) < 4.78 is 0. The molecule has 1 aliphatic heterocycles. The van der Waals surface area contributed by atoms with Gasteiger partial charge in [-0.1, -0.05) is 40.9 Å². The third-order valence-electron chi connectivity index (χ3n) is 3.36. The molecule has 2 rings (SSSR count). The van der Waals surface area contributed by atoms with Crippen molar-refractivity contribution >= 4 is 46.6 Å². The summed E-state index contributed by atoms with van der Waals surface area (Å²) in [5, 5.41) is 4.10. The fourth-order valence-electron chi connectivity index (χ4n) is 2.15. The minimum Gasteiger partial charge on any atom is -0.299 e. The number of likely N-dealkylation sites (tertiary alicyclic amines) is 1. The molecular weight excluding hydrogens is 323 g/mol. The predicted octanol–water partition coefficient (Wildman–Crippen LogP) is 3.05. The Labute approximate surface area is 132 Å². The van der Waals surface area contributed by atoms with Crippen molar-refractivity contribution in [2.45, 2.75) is 25.4 Å². The van der Waals surface area contributed by atoms with E-state index in [0.717, 1.165) is 10.5 Å². The number of hydrogen-bond donors (Lipinski definition) is 1. The minimum atomic E-state index is -0.534. The van der Waals surface area contributed by atoms with E-state index in [1.807, 2.05) is 6.92 Å². The monoisotopic (exact) mass is 334 g/mol. The summed E-state index contributed by atoms with van der Waals surface area (Å²) in [4.78, 5) is 24.5. The maximum atomic E-state index is 11.9. The molecule has 20 heavy (non-hydrogen) atoms. The van der Waals surface area contributed by atoms with Gasteiger partial charge in [-0.2, -0.15) is 0 Å². The molecule has 1 saturated heterocycles. The Balaban J connectivity index is 2.17. The van der Waals surface area contributed by atoms with E-state index in [9.17, 15) is 9.59 Å². The molecule has 0 bridgehead atoms. The van der Waals surface area contributed by atoms with E-state index >= 15 is 0 Å². The van der Waals surface area contributed by atoms with Gasteiger partial charge in [0, 0.05) is 13.1 Å². The predicted molar refractivity (Wildman–Crippen MR) is 79.2 cm³/mol. The van der Waals surface area contributed by atoms with Gasteiger partial charge in [0.15, 0.2) is 0 Å². The maximum absolute atomic E-state index is 11.9. The van der Waals surface area contributed by atoms with Crippen molar-refractivity contribution in [1.82, 2.24) is 10.2 Å². The Morgan fingerprint density at radius 3 is 2.45 bits per heavy atom. The Bertz CT molecular complexity index is 577.